The van der Waals surface area contributed by atoms with Gasteiger partial charge < -0.3 is 5.32 Å². The Hall–Kier alpha value is -2.57. The summed E-state index contributed by atoms with van der Waals surface area (Å²) in [5, 5.41) is 3.73. The number of aryl methyl sites for hydroxylation is 2. The molecule has 2 N–H and O–H groups in total. The summed E-state index contributed by atoms with van der Waals surface area (Å²) in [7, 11) is -3.67. The monoisotopic (exact) mass is 387 g/mol. The third-order valence-corrected chi connectivity index (χ3v) is 5.51. The van der Waals surface area contributed by atoms with E-state index in [1.807, 2.05) is 25.1 Å². The molecule has 0 aliphatic carbocycles. The van der Waals surface area contributed by atoms with Crippen LogP contribution in [0.1, 0.15) is 11.1 Å². The standard InChI is InChI=1S/C19H18ClN3O2S/c1-13-6-8-18(14(2)10-13)26(24,25)23-17-7-9-19(21-12-17)22-16-5-3-4-15(20)11-16/h3-12,23H,1-2H3,(H,21,22). The Morgan fingerprint density at radius 2 is 1.77 bits per heavy atom. The van der Waals surface area contributed by atoms with E-state index in [0.717, 1.165) is 11.3 Å². The fourth-order valence-corrected chi connectivity index (χ4v) is 4.01. The molecule has 0 fully saturated rings. The number of rotatable bonds is 5. The first-order valence-corrected chi connectivity index (χ1v) is 9.78. The van der Waals surface area contributed by atoms with Crippen molar-refractivity contribution in [3.8, 4) is 0 Å². The second-order valence-electron chi connectivity index (χ2n) is 5.94. The van der Waals surface area contributed by atoms with E-state index in [1.54, 1.807) is 43.3 Å². The molecule has 0 saturated carbocycles. The van der Waals surface area contributed by atoms with Gasteiger partial charge in [-0.25, -0.2) is 13.4 Å². The second kappa shape index (κ2) is 7.35. The largest absolute Gasteiger partial charge is 0.340 e. The van der Waals surface area contributed by atoms with Crippen LogP contribution >= 0.6 is 11.6 Å². The first-order chi connectivity index (χ1) is 12.3. The Bertz CT molecular complexity index is 1030. The van der Waals surface area contributed by atoms with Gasteiger partial charge in [-0.15, -0.1) is 0 Å². The number of aromatic nitrogens is 1. The Kier molecular flexibility index (Phi) is 5.15. The molecule has 7 heteroatoms. The molecule has 5 nitrogen and oxygen atoms in total. The topological polar surface area (TPSA) is 71.1 Å². The van der Waals surface area contributed by atoms with Crippen molar-refractivity contribution in [1.82, 2.24) is 4.98 Å². The maximum Gasteiger partial charge on any atom is 0.262 e. The summed E-state index contributed by atoms with van der Waals surface area (Å²) >= 11 is 5.95. The molecular weight excluding hydrogens is 370 g/mol. The molecule has 0 atom stereocenters. The van der Waals surface area contributed by atoms with E-state index in [0.29, 0.717) is 22.1 Å². The zero-order chi connectivity index (χ0) is 18.7. The number of anilines is 3. The SMILES string of the molecule is Cc1ccc(S(=O)(=O)Nc2ccc(Nc3cccc(Cl)c3)nc2)c(C)c1. The average molecular weight is 388 g/mol. The molecule has 0 unspecified atom stereocenters. The van der Waals surface area contributed by atoms with E-state index < -0.39 is 10.0 Å². The first kappa shape index (κ1) is 18.2. The molecule has 1 heterocycles. The summed E-state index contributed by atoms with van der Waals surface area (Å²) in [6.07, 6.45) is 1.47. The van der Waals surface area contributed by atoms with Crippen molar-refractivity contribution >= 4 is 38.8 Å². The Balaban J connectivity index is 1.76. The minimum Gasteiger partial charge on any atom is -0.340 e. The number of halogens is 1. The lowest BCUT2D eigenvalue weighted by Crippen LogP contribution is -2.14. The summed E-state index contributed by atoms with van der Waals surface area (Å²) in [5.74, 6) is 0.585. The third-order valence-electron chi connectivity index (χ3n) is 3.73. The lowest BCUT2D eigenvalue weighted by molar-refractivity contribution is 0.600. The van der Waals surface area contributed by atoms with Crippen LogP contribution in [-0.2, 0) is 10.0 Å². The van der Waals surface area contributed by atoms with Gasteiger partial charge in [-0.1, -0.05) is 35.4 Å². The lowest BCUT2D eigenvalue weighted by atomic mass is 10.2. The number of nitrogens with zero attached hydrogens (tertiary/aromatic N) is 1. The number of sulfonamides is 1. The maximum atomic E-state index is 12.6. The zero-order valence-electron chi connectivity index (χ0n) is 14.3. The Morgan fingerprint density at radius 1 is 0.962 bits per heavy atom. The minimum atomic E-state index is -3.67. The van der Waals surface area contributed by atoms with Crippen LogP contribution in [0.15, 0.2) is 65.7 Å². The minimum absolute atomic E-state index is 0.254. The van der Waals surface area contributed by atoms with E-state index in [2.05, 4.69) is 15.0 Å². The summed E-state index contributed by atoms with van der Waals surface area (Å²) in [6.45, 7) is 3.70. The Morgan fingerprint density at radius 3 is 2.42 bits per heavy atom. The molecule has 0 aliphatic heterocycles. The summed E-state index contributed by atoms with van der Waals surface area (Å²) in [4.78, 5) is 4.49. The normalized spacial score (nSPS) is 11.2. The van der Waals surface area contributed by atoms with Gasteiger partial charge in [-0.2, -0.15) is 0 Å². The number of nitrogens with one attached hydrogen (secondary N) is 2. The van der Waals surface area contributed by atoms with Gasteiger partial charge in [0, 0.05) is 10.7 Å². The van der Waals surface area contributed by atoms with Gasteiger partial charge in [0.15, 0.2) is 0 Å². The molecule has 2 aromatic carbocycles. The van der Waals surface area contributed by atoms with Crippen LogP contribution in [0, 0.1) is 13.8 Å². The predicted molar refractivity (Wildman–Crippen MR) is 106 cm³/mol. The highest BCUT2D eigenvalue weighted by molar-refractivity contribution is 7.92. The highest BCUT2D eigenvalue weighted by atomic mass is 35.5. The highest BCUT2D eigenvalue weighted by Gasteiger charge is 2.17. The van der Waals surface area contributed by atoms with E-state index in [1.165, 1.54) is 6.20 Å². The van der Waals surface area contributed by atoms with Crippen molar-refractivity contribution in [2.24, 2.45) is 0 Å². The Labute approximate surface area is 158 Å². The van der Waals surface area contributed by atoms with Crippen LogP contribution in [-0.4, -0.2) is 13.4 Å². The quantitative estimate of drug-likeness (QED) is 0.653. The van der Waals surface area contributed by atoms with Crippen LogP contribution in [0.4, 0.5) is 17.2 Å². The maximum absolute atomic E-state index is 12.6. The van der Waals surface area contributed by atoms with Crippen molar-refractivity contribution in [1.29, 1.82) is 0 Å². The fourth-order valence-electron chi connectivity index (χ4n) is 2.55. The van der Waals surface area contributed by atoms with Gasteiger partial charge in [-0.3, -0.25) is 4.72 Å². The van der Waals surface area contributed by atoms with E-state index in [4.69, 9.17) is 11.6 Å². The molecule has 0 saturated heterocycles. The third kappa shape index (κ3) is 4.33. The highest BCUT2D eigenvalue weighted by Crippen LogP contribution is 2.22. The predicted octanol–water partition coefficient (Wildman–Crippen LogP) is 4.90. The molecule has 0 amide bonds. The van der Waals surface area contributed by atoms with Gasteiger partial charge in [0.1, 0.15) is 5.82 Å². The van der Waals surface area contributed by atoms with Crippen molar-refractivity contribution in [3.63, 3.8) is 0 Å². The number of hydrogen-bond acceptors (Lipinski definition) is 4. The van der Waals surface area contributed by atoms with Gasteiger partial charge in [0.25, 0.3) is 10.0 Å². The van der Waals surface area contributed by atoms with Crippen LogP contribution < -0.4 is 10.0 Å². The smallest absolute Gasteiger partial charge is 0.262 e. The molecule has 1 aromatic heterocycles. The molecule has 3 rings (SSSR count). The zero-order valence-corrected chi connectivity index (χ0v) is 15.9. The fraction of sp³-hybridized carbons (Fsp3) is 0.105. The second-order valence-corrected chi connectivity index (χ2v) is 8.03. The van der Waals surface area contributed by atoms with Crippen molar-refractivity contribution < 1.29 is 8.42 Å². The van der Waals surface area contributed by atoms with Gasteiger partial charge >= 0.3 is 0 Å². The van der Waals surface area contributed by atoms with Crippen LogP contribution in [0.2, 0.25) is 5.02 Å². The molecular formula is C19H18ClN3O2S. The van der Waals surface area contributed by atoms with Gasteiger partial charge in [-0.05, 0) is 55.8 Å². The summed E-state index contributed by atoms with van der Waals surface area (Å²) in [6, 6.07) is 15.8. The molecule has 0 radical (unpaired) electrons. The van der Waals surface area contributed by atoms with Crippen molar-refractivity contribution in [3.05, 3.63) is 76.9 Å². The molecule has 0 bridgehead atoms. The van der Waals surface area contributed by atoms with E-state index in [-0.39, 0.29) is 4.90 Å². The first-order valence-electron chi connectivity index (χ1n) is 7.92. The van der Waals surface area contributed by atoms with Crippen molar-refractivity contribution in [2.45, 2.75) is 18.7 Å². The van der Waals surface area contributed by atoms with Crippen LogP contribution in [0.5, 0.6) is 0 Å². The molecule has 3 aromatic rings. The van der Waals surface area contributed by atoms with E-state index in [9.17, 15) is 8.42 Å². The molecule has 26 heavy (non-hydrogen) atoms. The van der Waals surface area contributed by atoms with E-state index >= 15 is 0 Å². The molecule has 134 valence electrons. The number of benzene rings is 2. The average Bonchev–Trinajstić information content (AvgIpc) is 2.56. The summed E-state index contributed by atoms with van der Waals surface area (Å²) in [5.41, 5.74) is 2.90. The number of hydrogen-bond donors (Lipinski definition) is 2. The van der Waals surface area contributed by atoms with Crippen molar-refractivity contribution in [2.75, 3.05) is 10.0 Å². The van der Waals surface area contributed by atoms with Gasteiger partial charge in [0.2, 0.25) is 0 Å². The van der Waals surface area contributed by atoms with Crippen LogP contribution in [0.25, 0.3) is 0 Å². The lowest BCUT2D eigenvalue weighted by Gasteiger charge is -2.11. The molecule has 0 spiro atoms. The molecule has 0 aliphatic rings. The number of pyridine rings is 1. The van der Waals surface area contributed by atoms with Gasteiger partial charge in [0.05, 0.1) is 16.8 Å². The summed E-state index contributed by atoms with van der Waals surface area (Å²) < 4.78 is 27.7. The van der Waals surface area contributed by atoms with Crippen LogP contribution in [0.3, 0.4) is 0 Å².